The maximum atomic E-state index is 12.4. The molecule has 0 radical (unpaired) electrons. The van der Waals surface area contributed by atoms with Crippen molar-refractivity contribution in [2.24, 2.45) is 0 Å². The van der Waals surface area contributed by atoms with Gasteiger partial charge >= 0.3 is 6.09 Å². The van der Waals surface area contributed by atoms with Crippen LogP contribution < -0.4 is 20.5 Å². The molecule has 1 saturated heterocycles. The Hall–Kier alpha value is -3.64. The van der Waals surface area contributed by atoms with Gasteiger partial charge in [0.1, 0.15) is 23.4 Å². The van der Waals surface area contributed by atoms with Gasteiger partial charge in [-0.3, -0.25) is 5.32 Å². The fourth-order valence-electron chi connectivity index (χ4n) is 4.67. The van der Waals surface area contributed by atoms with Crippen LogP contribution in [-0.2, 0) is 16.0 Å². The van der Waals surface area contributed by atoms with Crippen molar-refractivity contribution in [1.82, 2.24) is 24.6 Å². The Morgan fingerprint density at radius 3 is 2.65 bits per heavy atom. The quantitative estimate of drug-likeness (QED) is 0.507. The summed E-state index contributed by atoms with van der Waals surface area (Å²) in [5.74, 6) is 1.20. The molecule has 12 heteroatoms. The van der Waals surface area contributed by atoms with Crippen molar-refractivity contribution >= 4 is 28.6 Å². The molecule has 0 bridgehead atoms. The molecule has 37 heavy (non-hydrogen) atoms. The zero-order valence-electron chi connectivity index (χ0n) is 21.6. The molecule has 2 aromatic heterocycles. The number of methoxy groups -OCH3 is 1. The molecular formula is C25H33N7O5. The largest absolute Gasteiger partial charge is 0.453 e. The second-order valence-corrected chi connectivity index (χ2v) is 10.2. The van der Waals surface area contributed by atoms with E-state index in [1.54, 1.807) is 33.9 Å². The zero-order chi connectivity index (χ0) is 26.2. The van der Waals surface area contributed by atoms with Gasteiger partial charge in [0.05, 0.1) is 23.7 Å². The Morgan fingerprint density at radius 2 is 1.92 bits per heavy atom. The van der Waals surface area contributed by atoms with Crippen LogP contribution >= 0.6 is 0 Å². The van der Waals surface area contributed by atoms with E-state index in [0.29, 0.717) is 57.9 Å². The molecule has 0 unspecified atom stereocenters. The molecule has 1 fully saturated rings. The first-order valence-electron chi connectivity index (χ1n) is 12.4. The van der Waals surface area contributed by atoms with Crippen LogP contribution in [0.2, 0.25) is 0 Å². The molecule has 0 aliphatic carbocycles. The number of piperidine rings is 1. The number of likely N-dealkylation sites (tertiary alicyclic amines) is 1. The lowest BCUT2D eigenvalue weighted by Gasteiger charge is -2.31. The average molecular weight is 512 g/mol. The summed E-state index contributed by atoms with van der Waals surface area (Å²) in [6.45, 7) is 8.84. The second kappa shape index (κ2) is 10.0. The van der Waals surface area contributed by atoms with Crippen molar-refractivity contribution in [2.45, 2.75) is 51.9 Å². The number of nitrogens with one attached hydrogen (secondary N) is 1. The standard InChI is InChI=1S/C25H33N7O5/c1-25(2,3)37-24(33)29-17-6-5-16(20-21(17)36-14-35-20)19-18-22(26)27-13-28-23(18)32(30-19)12-11-31-9-7-15(34-4)8-10-31/h5-6,13,15H,7-12,14H2,1-4H3,(H,29,33)(H2,26,27,28). The van der Waals surface area contributed by atoms with Gasteiger partial charge in [-0.1, -0.05) is 0 Å². The van der Waals surface area contributed by atoms with Crippen LogP contribution in [0, 0.1) is 0 Å². The number of hydrogen-bond acceptors (Lipinski definition) is 10. The van der Waals surface area contributed by atoms with E-state index in [9.17, 15) is 4.79 Å². The number of rotatable bonds is 6. The topological polar surface area (TPSA) is 139 Å². The molecule has 1 amide bonds. The van der Waals surface area contributed by atoms with E-state index in [2.05, 4.69) is 20.2 Å². The highest BCUT2D eigenvalue weighted by Crippen LogP contribution is 2.47. The Kier molecular flexibility index (Phi) is 6.78. The summed E-state index contributed by atoms with van der Waals surface area (Å²) in [5, 5.41) is 8.27. The van der Waals surface area contributed by atoms with Crippen molar-refractivity contribution in [2.75, 3.05) is 44.6 Å². The Labute approximate surface area is 215 Å². The van der Waals surface area contributed by atoms with E-state index in [4.69, 9.17) is 29.8 Å². The lowest BCUT2D eigenvalue weighted by Crippen LogP contribution is -2.38. The number of nitrogen functional groups attached to an aromatic ring is 1. The molecule has 0 atom stereocenters. The van der Waals surface area contributed by atoms with Gasteiger partial charge < -0.3 is 29.6 Å². The van der Waals surface area contributed by atoms with Gasteiger partial charge in [0, 0.05) is 32.3 Å². The molecule has 198 valence electrons. The molecule has 2 aliphatic rings. The summed E-state index contributed by atoms with van der Waals surface area (Å²) < 4.78 is 24.2. The molecule has 4 heterocycles. The smallest absolute Gasteiger partial charge is 0.412 e. The number of benzene rings is 1. The molecule has 0 spiro atoms. The summed E-state index contributed by atoms with van der Waals surface area (Å²) in [7, 11) is 1.77. The average Bonchev–Trinajstić information content (AvgIpc) is 3.49. The number of nitrogens with zero attached hydrogens (tertiary/aromatic N) is 5. The normalized spacial score (nSPS) is 16.3. The summed E-state index contributed by atoms with van der Waals surface area (Å²) in [5.41, 5.74) is 8.03. The molecule has 12 nitrogen and oxygen atoms in total. The SMILES string of the molecule is COC1CCN(CCn2nc(-c3ccc(NC(=O)OC(C)(C)C)c4c3OCO4)c3c(N)ncnc32)CC1. The van der Waals surface area contributed by atoms with Crippen LogP contribution in [0.4, 0.5) is 16.3 Å². The van der Waals surface area contributed by atoms with E-state index >= 15 is 0 Å². The monoisotopic (exact) mass is 511 g/mol. The molecule has 0 saturated carbocycles. The summed E-state index contributed by atoms with van der Waals surface area (Å²) in [4.78, 5) is 23.4. The number of carbonyl (C=O) groups excluding carboxylic acids is 1. The number of fused-ring (bicyclic) bond motifs is 2. The minimum absolute atomic E-state index is 0.0113. The molecule has 1 aromatic carbocycles. The lowest BCUT2D eigenvalue weighted by atomic mass is 10.1. The number of carbonyl (C=O) groups is 1. The van der Waals surface area contributed by atoms with Gasteiger partial charge in [-0.05, 0) is 45.7 Å². The van der Waals surface area contributed by atoms with Crippen molar-refractivity contribution < 1.29 is 23.7 Å². The van der Waals surface area contributed by atoms with E-state index in [1.807, 2.05) is 10.7 Å². The molecule has 3 N–H and O–H groups in total. The van der Waals surface area contributed by atoms with Gasteiger partial charge in [0.15, 0.2) is 17.1 Å². The highest BCUT2D eigenvalue weighted by molar-refractivity contribution is 6.01. The minimum Gasteiger partial charge on any atom is -0.453 e. The fraction of sp³-hybridized carbons (Fsp3) is 0.520. The number of nitrogens with two attached hydrogens (primary N) is 1. The first-order chi connectivity index (χ1) is 17.7. The predicted octanol–water partition coefficient (Wildman–Crippen LogP) is 3.26. The second-order valence-electron chi connectivity index (χ2n) is 10.2. The summed E-state index contributed by atoms with van der Waals surface area (Å²) in [6.07, 6.45) is 3.23. The van der Waals surface area contributed by atoms with Crippen LogP contribution in [0.3, 0.4) is 0 Å². The molecule has 2 aliphatic heterocycles. The predicted molar refractivity (Wildman–Crippen MR) is 138 cm³/mol. The highest BCUT2D eigenvalue weighted by atomic mass is 16.7. The van der Waals surface area contributed by atoms with E-state index < -0.39 is 11.7 Å². The van der Waals surface area contributed by atoms with Gasteiger partial charge in [-0.25, -0.2) is 19.4 Å². The van der Waals surface area contributed by atoms with E-state index in [1.165, 1.54) is 6.33 Å². The van der Waals surface area contributed by atoms with Crippen molar-refractivity contribution in [3.8, 4) is 22.8 Å². The van der Waals surface area contributed by atoms with Crippen molar-refractivity contribution in [3.05, 3.63) is 18.5 Å². The van der Waals surface area contributed by atoms with Gasteiger partial charge in [0.2, 0.25) is 6.79 Å². The first kappa shape index (κ1) is 25.0. The number of amides is 1. The molecule has 3 aromatic rings. The van der Waals surface area contributed by atoms with E-state index in [0.717, 1.165) is 32.5 Å². The van der Waals surface area contributed by atoms with Crippen LogP contribution in [0.25, 0.3) is 22.3 Å². The maximum absolute atomic E-state index is 12.4. The van der Waals surface area contributed by atoms with Crippen LogP contribution in [0.1, 0.15) is 33.6 Å². The Bertz CT molecular complexity index is 1290. The Morgan fingerprint density at radius 1 is 1.16 bits per heavy atom. The minimum atomic E-state index is -0.631. The van der Waals surface area contributed by atoms with Crippen molar-refractivity contribution in [1.29, 1.82) is 0 Å². The summed E-state index contributed by atoms with van der Waals surface area (Å²) >= 11 is 0. The number of aromatic nitrogens is 4. The molecular weight excluding hydrogens is 478 g/mol. The first-order valence-corrected chi connectivity index (χ1v) is 12.4. The number of hydrogen-bond donors (Lipinski definition) is 2. The number of ether oxygens (including phenoxy) is 4. The zero-order valence-corrected chi connectivity index (χ0v) is 21.6. The third-order valence-electron chi connectivity index (χ3n) is 6.46. The van der Waals surface area contributed by atoms with Gasteiger partial charge in [0.25, 0.3) is 0 Å². The third-order valence-corrected chi connectivity index (χ3v) is 6.46. The fourth-order valence-corrected chi connectivity index (χ4v) is 4.67. The van der Waals surface area contributed by atoms with E-state index in [-0.39, 0.29) is 6.79 Å². The van der Waals surface area contributed by atoms with Gasteiger partial charge in [-0.15, -0.1) is 0 Å². The molecule has 5 rings (SSSR count). The van der Waals surface area contributed by atoms with Crippen LogP contribution in [0.15, 0.2) is 18.5 Å². The highest BCUT2D eigenvalue weighted by Gasteiger charge is 2.29. The van der Waals surface area contributed by atoms with Crippen molar-refractivity contribution in [3.63, 3.8) is 0 Å². The lowest BCUT2D eigenvalue weighted by molar-refractivity contribution is 0.0400. The summed E-state index contributed by atoms with van der Waals surface area (Å²) in [6, 6.07) is 3.55. The van der Waals surface area contributed by atoms with Crippen LogP contribution in [-0.4, -0.2) is 76.0 Å². The van der Waals surface area contributed by atoms with Crippen LogP contribution in [0.5, 0.6) is 11.5 Å². The number of anilines is 2. The third kappa shape index (κ3) is 5.25. The maximum Gasteiger partial charge on any atom is 0.412 e. The van der Waals surface area contributed by atoms with Gasteiger partial charge in [-0.2, -0.15) is 5.10 Å². The Balaban J connectivity index is 1.44.